The summed E-state index contributed by atoms with van der Waals surface area (Å²) in [5.41, 5.74) is 0.590. The largest absolute Gasteiger partial charge is 0.350 e. The highest BCUT2D eigenvalue weighted by Crippen LogP contribution is 2.08. The molecule has 4 nitrogen and oxygen atoms in total. The fraction of sp³-hybridized carbons (Fsp3) is 0.500. The van der Waals surface area contributed by atoms with E-state index in [1.54, 1.807) is 24.5 Å². The highest BCUT2D eigenvalue weighted by molar-refractivity contribution is 5.93. The predicted molar refractivity (Wildman–Crippen MR) is 64.3 cm³/mol. The molecule has 0 aliphatic rings. The number of amides is 1. The number of hydrogen-bond donors (Lipinski definition) is 1. The van der Waals surface area contributed by atoms with Crippen LogP contribution < -0.4 is 5.32 Å². The molecule has 1 aromatic rings. The first-order chi connectivity index (χ1) is 7.43. The van der Waals surface area contributed by atoms with Crippen LogP contribution in [0.15, 0.2) is 24.5 Å². The Hall–Kier alpha value is -1.42. The van der Waals surface area contributed by atoms with Gasteiger partial charge in [0.25, 0.3) is 5.91 Å². The zero-order valence-corrected chi connectivity index (χ0v) is 10.3. The predicted octanol–water partition coefficient (Wildman–Crippen LogP) is 1.15. The Morgan fingerprint density at radius 3 is 2.44 bits per heavy atom. The van der Waals surface area contributed by atoms with Crippen molar-refractivity contribution in [3.05, 3.63) is 30.1 Å². The van der Waals surface area contributed by atoms with Crippen LogP contribution in [0, 0.1) is 0 Å². The second kappa shape index (κ2) is 5.07. The molecule has 0 saturated heterocycles. The van der Waals surface area contributed by atoms with Gasteiger partial charge in [-0.1, -0.05) is 0 Å². The average molecular weight is 221 g/mol. The molecule has 88 valence electrons. The maximum absolute atomic E-state index is 11.8. The molecule has 16 heavy (non-hydrogen) atoms. The Kier molecular flexibility index (Phi) is 4.01. The Morgan fingerprint density at radius 2 is 1.94 bits per heavy atom. The van der Waals surface area contributed by atoms with Crippen molar-refractivity contribution in [2.45, 2.75) is 19.4 Å². The van der Waals surface area contributed by atoms with E-state index in [9.17, 15) is 4.79 Å². The van der Waals surface area contributed by atoms with Crippen LogP contribution in [0.3, 0.4) is 0 Å². The van der Waals surface area contributed by atoms with Gasteiger partial charge in [0.1, 0.15) is 0 Å². The lowest BCUT2D eigenvalue weighted by Crippen LogP contribution is -2.48. The Balaban J connectivity index is 2.54. The summed E-state index contributed by atoms with van der Waals surface area (Å²) in [7, 11) is 4.00. The van der Waals surface area contributed by atoms with Crippen LogP contribution in [-0.4, -0.2) is 42.0 Å². The number of rotatable bonds is 4. The lowest BCUT2D eigenvalue weighted by Gasteiger charge is -2.32. The number of pyridine rings is 1. The van der Waals surface area contributed by atoms with Gasteiger partial charge in [0.05, 0.1) is 0 Å². The third kappa shape index (κ3) is 3.31. The second-order valence-electron chi connectivity index (χ2n) is 4.63. The maximum atomic E-state index is 11.8. The first-order valence-corrected chi connectivity index (χ1v) is 5.29. The topological polar surface area (TPSA) is 45.2 Å². The van der Waals surface area contributed by atoms with Crippen molar-refractivity contribution in [1.82, 2.24) is 15.2 Å². The van der Waals surface area contributed by atoms with Crippen LogP contribution in [0.25, 0.3) is 0 Å². The van der Waals surface area contributed by atoms with Crippen LogP contribution >= 0.6 is 0 Å². The van der Waals surface area contributed by atoms with Crippen LogP contribution in [0.5, 0.6) is 0 Å². The Labute approximate surface area is 96.7 Å². The molecule has 1 N–H and O–H groups in total. The number of hydrogen-bond acceptors (Lipinski definition) is 3. The zero-order chi connectivity index (χ0) is 12.2. The van der Waals surface area contributed by atoms with Gasteiger partial charge in [0.2, 0.25) is 0 Å². The lowest BCUT2D eigenvalue weighted by atomic mass is 10.0. The van der Waals surface area contributed by atoms with Crippen molar-refractivity contribution in [3.8, 4) is 0 Å². The fourth-order valence-corrected chi connectivity index (χ4v) is 1.06. The number of aromatic nitrogens is 1. The minimum atomic E-state index is -0.0580. The number of nitrogens with zero attached hydrogens (tertiary/aromatic N) is 2. The van der Waals surface area contributed by atoms with Crippen molar-refractivity contribution in [3.63, 3.8) is 0 Å². The molecule has 1 rings (SSSR count). The third-order valence-electron chi connectivity index (χ3n) is 2.83. The first kappa shape index (κ1) is 12.6. The molecule has 0 aromatic carbocycles. The number of likely N-dealkylation sites (N-methyl/N-ethyl adjacent to an activating group) is 1. The van der Waals surface area contributed by atoms with E-state index in [0.29, 0.717) is 12.1 Å². The van der Waals surface area contributed by atoms with Gasteiger partial charge < -0.3 is 10.2 Å². The number of carbonyl (C=O) groups is 1. The second-order valence-corrected chi connectivity index (χ2v) is 4.63. The van der Waals surface area contributed by atoms with Crippen molar-refractivity contribution in [2.24, 2.45) is 0 Å². The zero-order valence-electron chi connectivity index (χ0n) is 10.3. The van der Waals surface area contributed by atoms with Crippen molar-refractivity contribution in [2.75, 3.05) is 20.6 Å². The third-order valence-corrected chi connectivity index (χ3v) is 2.83. The molecule has 0 saturated carbocycles. The van der Waals surface area contributed by atoms with E-state index in [2.05, 4.69) is 29.0 Å². The van der Waals surface area contributed by atoms with E-state index in [4.69, 9.17) is 0 Å². The molecule has 0 atom stereocenters. The monoisotopic (exact) mass is 221 g/mol. The van der Waals surface area contributed by atoms with E-state index in [0.717, 1.165) is 0 Å². The van der Waals surface area contributed by atoms with E-state index >= 15 is 0 Å². The van der Waals surface area contributed by atoms with Crippen LogP contribution in [0.2, 0.25) is 0 Å². The van der Waals surface area contributed by atoms with Crippen LogP contribution in [0.4, 0.5) is 0 Å². The van der Waals surface area contributed by atoms with E-state index in [1.165, 1.54) is 0 Å². The molecular formula is C12H19N3O. The molecule has 4 heteroatoms. The Morgan fingerprint density at radius 1 is 1.38 bits per heavy atom. The summed E-state index contributed by atoms with van der Waals surface area (Å²) >= 11 is 0. The molecule has 1 aromatic heterocycles. The summed E-state index contributed by atoms with van der Waals surface area (Å²) < 4.78 is 0. The SMILES string of the molecule is CN(C)C(C)(C)CNC(=O)c1ccncc1. The van der Waals surface area contributed by atoms with Crippen molar-refractivity contribution < 1.29 is 4.79 Å². The standard InChI is InChI=1S/C12H19N3O/c1-12(2,15(3)4)9-14-11(16)10-5-7-13-8-6-10/h5-8H,9H2,1-4H3,(H,14,16). The van der Waals surface area contributed by atoms with E-state index in [1.807, 2.05) is 14.1 Å². The van der Waals surface area contributed by atoms with Gasteiger partial charge >= 0.3 is 0 Å². The van der Waals surface area contributed by atoms with Crippen LogP contribution in [0.1, 0.15) is 24.2 Å². The summed E-state index contributed by atoms with van der Waals surface area (Å²) in [6, 6.07) is 3.41. The van der Waals surface area contributed by atoms with Gasteiger partial charge in [-0.05, 0) is 40.1 Å². The summed E-state index contributed by atoms with van der Waals surface area (Å²) in [4.78, 5) is 17.7. The van der Waals surface area contributed by atoms with Gasteiger partial charge in [0, 0.05) is 30.0 Å². The normalized spacial score (nSPS) is 11.6. The molecular weight excluding hydrogens is 202 g/mol. The molecule has 0 aliphatic heterocycles. The maximum Gasteiger partial charge on any atom is 0.251 e. The molecule has 0 unspecified atom stereocenters. The quantitative estimate of drug-likeness (QED) is 0.829. The minimum Gasteiger partial charge on any atom is -0.350 e. The molecule has 1 amide bonds. The average Bonchev–Trinajstić information content (AvgIpc) is 2.27. The Bertz CT molecular complexity index is 347. The van der Waals surface area contributed by atoms with Gasteiger partial charge in [-0.15, -0.1) is 0 Å². The smallest absolute Gasteiger partial charge is 0.251 e. The van der Waals surface area contributed by atoms with Gasteiger partial charge in [-0.25, -0.2) is 0 Å². The highest BCUT2D eigenvalue weighted by atomic mass is 16.1. The number of nitrogens with one attached hydrogen (secondary N) is 1. The van der Waals surface area contributed by atoms with Crippen LogP contribution in [-0.2, 0) is 0 Å². The van der Waals surface area contributed by atoms with Crippen molar-refractivity contribution in [1.29, 1.82) is 0 Å². The van der Waals surface area contributed by atoms with Crippen molar-refractivity contribution >= 4 is 5.91 Å². The van der Waals surface area contributed by atoms with E-state index in [-0.39, 0.29) is 11.4 Å². The highest BCUT2D eigenvalue weighted by Gasteiger charge is 2.21. The molecule has 0 fully saturated rings. The van der Waals surface area contributed by atoms with E-state index < -0.39 is 0 Å². The van der Waals surface area contributed by atoms with Gasteiger partial charge in [-0.2, -0.15) is 0 Å². The first-order valence-electron chi connectivity index (χ1n) is 5.29. The molecule has 1 heterocycles. The molecule has 0 radical (unpaired) electrons. The summed E-state index contributed by atoms with van der Waals surface area (Å²) in [5, 5.41) is 2.91. The van der Waals surface area contributed by atoms with Gasteiger partial charge in [-0.3, -0.25) is 9.78 Å². The number of carbonyl (C=O) groups excluding carboxylic acids is 1. The van der Waals surface area contributed by atoms with Gasteiger partial charge in [0.15, 0.2) is 0 Å². The lowest BCUT2D eigenvalue weighted by molar-refractivity contribution is 0.0919. The molecule has 0 bridgehead atoms. The fourth-order valence-electron chi connectivity index (χ4n) is 1.06. The molecule has 0 spiro atoms. The summed E-state index contributed by atoms with van der Waals surface area (Å²) in [6.45, 7) is 4.78. The summed E-state index contributed by atoms with van der Waals surface area (Å²) in [5.74, 6) is -0.0580. The summed E-state index contributed by atoms with van der Waals surface area (Å²) in [6.07, 6.45) is 3.23. The molecule has 0 aliphatic carbocycles. The minimum absolute atomic E-state index is 0.0529.